The molecule has 5 nitrogen and oxygen atoms in total. The summed E-state index contributed by atoms with van der Waals surface area (Å²) in [5.41, 5.74) is 5.68. The lowest BCUT2D eigenvalue weighted by Gasteiger charge is -2.17. The molecule has 3 rings (SSSR count). The number of nitrogens with two attached hydrogens (primary N) is 1. The van der Waals surface area contributed by atoms with Crippen molar-refractivity contribution in [1.29, 1.82) is 0 Å². The van der Waals surface area contributed by atoms with Gasteiger partial charge in [0.2, 0.25) is 5.91 Å². The van der Waals surface area contributed by atoms with Crippen LogP contribution in [0.5, 0.6) is 0 Å². The Morgan fingerprint density at radius 1 is 1.45 bits per heavy atom. The van der Waals surface area contributed by atoms with E-state index in [9.17, 15) is 4.79 Å². The van der Waals surface area contributed by atoms with Crippen LogP contribution >= 0.6 is 11.3 Å². The van der Waals surface area contributed by atoms with E-state index in [1.165, 1.54) is 9.75 Å². The van der Waals surface area contributed by atoms with Gasteiger partial charge in [0.1, 0.15) is 5.82 Å². The van der Waals surface area contributed by atoms with Gasteiger partial charge >= 0.3 is 0 Å². The number of anilines is 1. The molecule has 2 N–H and O–H groups in total. The molecule has 2 aromatic heterocycles. The van der Waals surface area contributed by atoms with E-state index >= 15 is 0 Å². The van der Waals surface area contributed by atoms with Gasteiger partial charge in [-0.05, 0) is 31.5 Å². The van der Waals surface area contributed by atoms with Crippen LogP contribution in [-0.2, 0) is 11.3 Å². The zero-order valence-corrected chi connectivity index (χ0v) is 12.3. The van der Waals surface area contributed by atoms with E-state index in [2.05, 4.69) is 24.2 Å². The van der Waals surface area contributed by atoms with Crippen molar-refractivity contribution in [3.8, 4) is 0 Å². The van der Waals surface area contributed by atoms with Crippen molar-refractivity contribution in [2.75, 3.05) is 18.0 Å². The normalized spacial score (nSPS) is 19.0. The second kappa shape index (κ2) is 5.38. The highest BCUT2D eigenvalue weighted by Crippen LogP contribution is 2.25. The predicted octanol–water partition coefficient (Wildman–Crippen LogP) is 1.61. The quantitative estimate of drug-likeness (QED) is 0.930. The van der Waals surface area contributed by atoms with Crippen LogP contribution in [0.2, 0.25) is 0 Å². The standard InChI is InChI=1S/C14H18N4OS/c1-10-2-3-12(20-10)9-18-13(4-5-16-18)17-8-11(7-15)6-14(17)19/h2-5,11H,6-9,15H2,1H3. The van der Waals surface area contributed by atoms with Crippen LogP contribution in [-0.4, -0.2) is 28.8 Å². The molecule has 6 heteroatoms. The van der Waals surface area contributed by atoms with Crippen LogP contribution in [0, 0.1) is 12.8 Å². The van der Waals surface area contributed by atoms with Crippen LogP contribution in [0.4, 0.5) is 5.82 Å². The molecule has 1 unspecified atom stereocenters. The number of carbonyl (C=O) groups is 1. The van der Waals surface area contributed by atoms with E-state index in [-0.39, 0.29) is 11.8 Å². The highest BCUT2D eigenvalue weighted by molar-refractivity contribution is 7.11. The number of nitrogens with zero attached hydrogens (tertiary/aromatic N) is 3. The Bertz CT molecular complexity index is 618. The molecule has 3 heterocycles. The molecule has 0 aromatic carbocycles. The lowest BCUT2D eigenvalue weighted by molar-refractivity contribution is -0.117. The molecule has 1 saturated heterocycles. The molecule has 1 aliphatic heterocycles. The molecule has 1 amide bonds. The molecule has 2 aromatic rings. The van der Waals surface area contributed by atoms with Gasteiger partial charge in [-0.25, -0.2) is 4.68 Å². The summed E-state index contributed by atoms with van der Waals surface area (Å²) >= 11 is 1.76. The van der Waals surface area contributed by atoms with Gasteiger partial charge in [0.25, 0.3) is 0 Å². The smallest absolute Gasteiger partial charge is 0.228 e. The fraction of sp³-hybridized carbons (Fsp3) is 0.429. The Hall–Kier alpha value is -1.66. The molecular weight excluding hydrogens is 272 g/mol. The van der Waals surface area contributed by atoms with Gasteiger partial charge in [0, 0.05) is 28.8 Å². The Morgan fingerprint density at radius 3 is 2.95 bits per heavy atom. The van der Waals surface area contributed by atoms with Gasteiger partial charge in [-0.3, -0.25) is 9.69 Å². The van der Waals surface area contributed by atoms with Crippen LogP contribution in [0.15, 0.2) is 24.4 Å². The maximum atomic E-state index is 12.1. The van der Waals surface area contributed by atoms with Gasteiger partial charge in [-0.1, -0.05) is 0 Å². The monoisotopic (exact) mass is 290 g/mol. The van der Waals surface area contributed by atoms with E-state index in [4.69, 9.17) is 5.73 Å². The molecular formula is C14H18N4OS. The third kappa shape index (κ3) is 2.48. The predicted molar refractivity (Wildman–Crippen MR) is 79.9 cm³/mol. The minimum atomic E-state index is 0.143. The van der Waals surface area contributed by atoms with E-state index < -0.39 is 0 Å². The molecule has 0 aliphatic carbocycles. The van der Waals surface area contributed by atoms with Crippen LogP contribution in [0.1, 0.15) is 16.2 Å². The molecule has 0 radical (unpaired) electrons. The Balaban J connectivity index is 1.81. The Morgan fingerprint density at radius 2 is 2.30 bits per heavy atom. The average Bonchev–Trinajstić information content (AvgIpc) is 3.11. The van der Waals surface area contributed by atoms with E-state index in [1.807, 2.05) is 15.6 Å². The maximum Gasteiger partial charge on any atom is 0.228 e. The first-order valence-corrected chi connectivity index (χ1v) is 7.56. The number of hydrogen-bond donors (Lipinski definition) is 1. The zero-order valence-electron chi connectivity index (χ0n) is 11.5. The lowest BCUT2D eigenvalue weighted by Crippen LogP contribution is -2.28. The van der Waals surface area contributed by atoms with Gasteiger partial charge < -0.3 is 5.73 Å². The van der Waals surface area contributed by atoms with Crippen LogP contribution in [0.25, 0.3) is 0 Å². The minimum absolute atomic E-state index is 0.143. The van der Waals surface area contributed by atoms with Gasteiger partial charge in [-0.2, -0.15) is 5.10 Å². The summed E-state index contributed by atoms with van der Waals surface area (Å²) in [6, 6.07) is 6.12. The fourth-order valence-corrected chi connectivity index (χ4v) is 3.43. The van der Waals surface area contributed by atoms with Crippen molar-refractivity contribution in [2.24, 2.45) is 11.7 Å². The van der Waals surface area contributed by atoms with Gasteiger partial charge in [0.15, 0.2) is 0 Å². The lowest BCUT2D eigenvalue weighted by atomic mass is 10.1. The van der Waals surface area contributed by atoms with Crippen molar-refractivity contribution in [3.63, 3.8) is 0 Å². The molecule has 1 aliphatic rings. The summed E-state index contributed by atoms with van der Waals surface area (Å²) in [5, 5.41) is 4.35. The Labute approximate surface area is 122 Å². The fourth-order valence-electron chi connectivity index (χ4n) is 2.56. The van der Waals surface area contributed by atoms with Crippen LogP contribution in [0.3, 0.4) is 0 Å². The summed E-state index contributed by atoms with van der Waals surface area (Å²) in [6.07, 6.45) is 2.29. The first-order chi connectivity index (χ1) is 9.67. The third-order valence-corrected chi connectivity index (χ3v) is 4.60. The van der Waals surface area contributed by atoms with Crippen molar-refractivity contribution in [2.45, 2.75) is 19.9 Å². The number of rotatable bonds is 4. The highest BCUT2D eigenvalue weighted by atomic mass is 32.1. The summed E-state index contributed by atoms with van der Waals surface area (Å²) in [6.45, 7) is 4.05. The molecule has 106 valence electrons. The van der Waals surface area contributed by atoms with E-state index in [0.717, 1.165) is 5.82 Å². The number of carbonyl (C=O) groups excluding carboxylic acids is 1. The SMILES string of the molecule is Cc1ccc(Cn2nccc2N2CC(CN)CC2=O)s1. The highest BCUT2D eigenvalue weighted by Gasteiger charge is 2.31. The van der Waals surface area contributed by atoms with Gasteiger partial charge in [0.05, 0.1) is 12.7 Å². The summed E-state index contributed by atoms with van der Waals surface area (Å²) < 4.78 is 1.89. The molecule has 0 bridgehead atoms. The largest absolute Gasteiger partial charge is 0.330 e. The van der Waals surface area contributed by atoms with Crippen LogP contribution < -0.4 is 10.6 Å². The third-order valence-electron chi connectivity index (χ3n) is 3.61. The first kappa shape index (κ1) is 13.3. The van der Waals surface area contributed by atoms with Gasteiger partial charge in [-0.15, -0.1) is 11.3 Å². The minimum Gasteiger partial charge on any atom is -0.330 e. The number of aryl methyl sites for hydroxylation is 1. The second-order valence-electron chi connectivity index (χ2n) is 5.17. The molecule has 1 fully saturated rings. The first-order valence-electron chi connectivity index (χ1n) is 6.75. The molecule has 20 heavy (non-hydrogen) atoms. The summed E-state index contributed by atoms with van der Waals surface area (Å²) in [4.78, 5) is 16.4. The van der Waals surface area contributed by atoms with Crippen molar-refractivity contribution in [3.05, 3.63) is 34.2 Å². The Kier molecular flexibility index (Phi) is 3.58. The van der Waals surface area contributed by atoms with Crippen molar-refractivity contribution >= 4 is 23.1 Å². The number of thiophene rings is 1. The topological polar surface area (TPSA) is 64.2 Å². The van der Waals surface area contributed by atoms with Crippen molar-refractivity contribution < 1.29 is 4.79 Å². The second-order valence-corrected chi connectivity index (χ2v) is 6.54. The number of hydrogen-bond acceptors (Lipinski definition) is 4. The number of aromatic nitrogens is 2. The molecule has 0 spiro atoms. The van der Waals surface area contributed by atoms with E-state index in [0.29, 0.717) is 26.1 Å². The molecule has 0 saturated carbocycles. The summed E-state index contributed by atoms with van der Waals surface area (Å²) in [5.74, 6) is 1.27. The average molecular weight is 290 g/mol. The summed E-state index contributed by atoms with van der Waals surface area (Å²) in [7, 11) is 0. The maximum absolute atomic E-state index is 12.1. The van der Waals surface area contributed by atoms with Crippen molar-refractivity contribution in [1.82, 2.24) is 9.78 Å². The zero-order chi connectivity index (χ0) is 14.1. The molecule has 1 atom stereocenters. The van der Waals surface area contributed by atoms with E-state index in [1.54, 1.807) is 17.5 Å². The number of amides is 1.